The summed E-state index contributed by atoms with van der Waals surface area (Å²) < 4.78 is 5.83. The van der Waals surface area contributed by atoms with E-state index in [-0.39, 0.29) is 11.6 Å². The largest absolute Gasteiger partial charge is 0.456 e. The topological polar surface area (TPSA) is 42.9 Å². The van der Waals surface area contributed by atoms with Gasteiger partial charge in [0, 0.05) is 18.8 Å². The minimum atomic E-state index is -0.387. The molecule has 0 aromatic heterocycles. The molecule has 3 heteroatoms. The SMILES string of the molecule is CC(C)Cc1ccc(C(=O)OC(C)(C)C2CC[NH2+]CC2)cc1. The van der Waals surface area contributed by atoms with E-state index in [1.54, 1.807) is 0 Å². The number of carbonyl (C=O) groups excluding carboxylic acids is 1. The van der Waals surface area contributed by atoms with Gasteiger partial charge in [0.25, 0.3) is 0 Å². The third-order valence-electron chi connectivity index (χ3n) is 4.61. The zero-order chi connectivity index (χ0) is 16.2. The molecule has 122 valence electrons. The van der Waals surface area contributed by atoms with Crippen LogP contribution in [0.15, 0.2) is 24.3 Å². The van der Waals surface area contributed by atoms with Gasteiger partial charge in [-0.05, 0) is 43.9 Å². The number of nitrogens with two attached hydrogens (primary N) is 1. The van der Waals surface area contributed by atoms with Crippen molar-refractivity contribution in [1.82, 2.24) is 0 Å². The maximum atomic E-state index is 12.4. The molecule has 1 fully saturated rings. The van der Waals surface area contributed by atoms with Gasteiger partial charge in [-0.25, -0.2) is 4.79 Å². The Kier molecular flexibility index (Phi) is 5.63. The Morgan fingerprint density at radius 3 is 2.36 bits per heavy atom. The Labute approximate surface area is 134 Å². The van der Waals surface area contributed by atoms with Crippen molar-refractivity contribution in [3.05, 3.63) is 35.4 Å². The molecule has 1 aromatic carbocycles. The average molecular weight is 304 g/mol. The lowest BCUT2D eigenvalue weighted by Gasteiger charge is -2.35. The summed E-state index contributed by atoms with van der Waals surface area (Å²) in [5, 5.41) is 2.34. The van der Waals surface area contributed by atoms with Gasteiger partial charge in [-0.2, -0.15) is 0 Å². The summed E-state index contributed by atoms with van der Waals surface area (Å²) in [6.45, 7) is 10.8. The van der Waals surface area contributed by atoms with E-state index in [2.05, 4.69) is 19.2 Å². The smallest absolute Gasteiger partial charge is 0.338 e. The normalized spacial score (nSPS) is 16.8. The first-order valence-corrected chi connectivity index (χ1v) is 8.52. The second kappa shape index (κ2) is 7.28. The number of quaternary nitrogens is 1. The van der Waals surface area contributed by atoms with Gasteiger partial charge >= 0.3 is 5.97 Å². The molecule has 1 heterocycles. The van der Waals surface area contributed by atoms with Crippen LogP contribution in [0, 0.1) is 11.8 Å². The molecule has 0 atom stereocenters. The fraction of sp³-hybridized carbons (Fsp3) is 0.632. The lowest BCUT2D eigenvalue weighted by atomic mass is 9.83. The van der Waals surface area contributed by atoms with Crippen LogP contribution in [0.25, 0.3) is 0 Å². The molecule has 1 saturated heterocycles. The van der Waals surface area contributed by atoms with E-state index in [4.69, 9.17) is 4.74 Å². The monoisotopic (exact) mass is 304 g/mol. The number of hydrogen-bond donors (Lipinski definition) is 1. The molecular weight excluding hydrogens is 274 g/mol. The Hall–Kier alpha value is -1.35. The highest BCUT2D eigenvalue weighted by atomic mass is 16.6. The zero-order valence-electron chi connectivity index (χ0n) is 14.4. The molecule has 0 saturated carbocycles. The molecule has 1 aliphatic rings. The summed E-state index contributed by atoms with van der Waals surface area (Å²) in [5.41, 5.74) is 1.54. The number of carbonyl (C=O) groups is 1. The van der Waals surface area contributed by atoms with Crippen molar-refractivity contribution in [2.24, 2.45) is 11.8 Å². The summed E-state index contributed by atoms with van der Waals surface area (Å²) in [4.78, 5) is 12.4. The molecule has 0 aliphatic carbocycles. The standard InChI is InChI=1S/C19H29NO2/c1-14(2)13-15-5-7-16(8-6-15)18(21)22-19(3,4)17-9-11-20-12-10-17/h5-8,14,17,20H,9-13H2,1-4H3/p+1. The van der Waals surface area contributed by atoms with Crippen molar-refractivity contribution in [2.45, 2.75) is 52.6 Å². The van der Waals surface area contributed by atoms with E-state index in [1.165, 1.54) is 5.56 Å². The van der Waals surface area contributed by atoms with Gasteiger partial charge in [-0.3, -0.25) is 0 Å². The van der Waals surface area contributed by atoms with Crippen molar-refractivity contribution >= 4 is 5.97 Å². The van der Waals surface area contributed by atoms with Gasteiger partial charge in [-0.15, -0.1) is 0 Å². The Morgan fingerprint density at radius 1 is 1.23 bits per heavy atom. The number of benzene rings is 1. The number of piperidine rings is 1. The van der Waals surface area contributed by atoms with E-state index < -0.39 is 0 Å². The molecule has 2 rings (SSSR count). The average Bonchev–Trinajstić information content (AvgIpc) is 2.48. The molecule has 0 amide bonds. The maximum absolute atomic E-state index is 12.4. The van der Waals surface area contributed by atoms with Gasteiger partial charge in [0.05, 0.1) is 18.7 Å². The third kappa shape index (κ3) is 4.57. The maximum Gasteiger partial charge on any atom is 0.338 e. The predicted molar refractivity (Wildman–Crippen MR) is 88.9 cm³/mol. The molecular formula is C19H30NO2+. The molecule has 1 aromatic rings. The van der Waals surface area contributed by atoms with Crippen LogP contribution in [0.2, 0.25) is 0 Å². The lowest BCUT2D eigenvalue weighted by molar-refractivity contribution is -0.665. The van der Waals surface area contributed by atoms with Crippen LogP contribution in [0.4, 0.5) is 0 Å². The zero-order valence-corrected chi connectivity index (χ0v) is 14.4. The van der Waals surface area contributed by atoms with E-state index in [9.17, 15) is 4.79 Å². The number of ether oxygens (including phenoxy) is 1. The first-order valence-electron chi connectivity index (χ1n) is 8.52. The summed E-state index contributed by atoms with van der Waals surface area (Å²) in [7, 11) is 0. The summed E-state index contributed by atoms with van der Waals surface area (Å²) in [5.74, 6) is 0.886. The lowest BCUT2D eigenvalue weighted by Crippen LogP contribution is -2.86. The van der Waals surface area contributed by atoms with Crippen LogP contribution < -0.4 is 5.32 Å². The molecule has 1 aliphatic heterocycles. The van der Waals surface area contributed by atoms with Crippen LogP contribution >= 0.6 is 0 Å². The Balaban J connectivity index is 1.98. The second-order valence-electron chi connectivity index (χ2n) is 7.43. The van der Waals surface area contributed by atoms with Crippen LogP contribution in [0.3, 0.4) is 0 Å². The molecule has 2 N–H and O–H groups in total. The van der Waals surface area contributed by atoms with E-state index in [1.807, 2.05) is 38.1 Å². The highest BCUT2D eigenvalue weighted by molar-refractivity contribution is 5.89. The van der Waals surface area contributed by atoms with Crippen molar-refractivity contribution in [3.8, 4) is 0 Å². The van der Waals surface area contributed by atoms with Gasteiger partial charge < -0.3 is 10.1 Å². The van der Waals surface area contributed by atoms with Gasteiger partial charge in [0.15, 0.2) is 0 Å². The minimum Gasteiger partial charge on any atom is -0.456 e. The second-order valence-corrected chi connectivity index (χ2v) is 7.43. The van der Waals surface area contributed by atoms with Gasteiger partial charge in [-0.1, -0.05) is 26.0 Å². The number of rotatable bonds is 5. The third-order valence-corrected chi connectivity index (χ3v) is 4.61. The van der Waals surface area contributed by atoms with Crippen LogP contribution in [0.1, 0.15) is 56.5 Å². The highest BCUT2D eigenvalue weighted by Crippen LogP contribution is 2.28. The molecule has 22 heavy (non-hydrogen) atoms. The molecule has 0 radical (unpaired) electrons. The molecule has 0 bridgehead atoms. The van der Waals surface area contributed by atoms with Gasteiger partial charge in [0.2, 0.25) is 0 Å². The molecule has 0 unspecified atom stereocenters. The number of esters is 1. The first-order chi connectivity index (χ1) is 10.4. The highest BCUT2D eigenvalue weighted by Gasteiger charge is 2.35. The quantitative estimate of drug-likeness (QED) is 0.850. The Morgan fingerprint density at radius 2 is 1.82 bits per heavy atom. The molecule has 3 nitrogen and oxygen atoms in total. The van der Waals surface area contributed by atoms with Crippen molar-refractivity contribution in [2.75, 3.05) is 13.1 Å². The van der Waals surface area contributed by atoms with Crippen molar-refractivity contribution in [3.63, 3.8) is 0 Å². The van der Waals surface area contributed by atoms with Crippen molar-refractivity contribution in [1.29, 1.82) is 0 Å². The minimum absolute atomic E-state index is 0.198. The van der Waals surface area contributed by atoms with Gasteiger partial charge in [0.1, 0.15) is 5.60 Å². The number of hydrogen-bond acceptors (Lipinski definition) is 2. The fourth-order valence-corrected chi connectivity index (χ4v) is 3.25. The summed E-state index contributed by atoms with van der Waals surface area (Å²) in [6.07, 6.45) is 3.28. The van der Waals surface area contributed by atoms with Crippen LogP contribution in [-0.2, 0) is 11.2 Å². The van der Waals surface area contributed by atoms with Crippen molar-refractivity contribution < 1.29 is 14.8 Å². The van der Waals surface area contributed by atoms with E-state index in [0.717, 1.165) is 32.4 Å². The van der Waals surface area contributed by atoms with Crippen LogP contribution in [0.5, 0.6) is 0 Å². The fourth-order valence-electron chi connectivity index (χ4n) is 3.25. The van der Waals surface area contributed by atoms with Crippen LogP contribution in [-0.4, -0.2) is 24.7 Å². The first kappa shape index (κ1) is 17.0. The Bertz CT molecular complexity index is 485. The predicted octanol–water partition coefficient (Wildman–Crippen LogP) is 2.79. The summed E-state index contributed by atoms with van der Waals surface area (Å²) in [6, 6.07) is 7.87. The summed E-state index contributed by atoms with van der Waals surface area (Å²) >= 11 is 0. The van der Waals surface area contributed by atoms with E-state index >= 15 is 0 Å². The van der Waals surface area contributed by atoms with E-state index in [0.29, 0.717) is 17.4 Å². The molecule has 0 spiro atoms.